The largest absolute Gasteiger partial charge is 0.373 e. The summed E-state index contributed by atoms with van der Waals surface area (Å²) in [7, 11) is 1.89. The Morgan fingerprint density at radius 2 is 2.19 bits per heavy atom. The number of hydrogen-bond acceptors (Lipinski definition) is 5. The summed E-state index contributed by atoms with van der Waals surface area (Å²) in [5, 5.41) is 6.14. The first-order chi connectivity index (χ1) is 10.0. The highest BCUT2D eigenvalue weighted by Gasteiger charge is 2.26. The van der Waals surface area contributed by atoms with Crippen LogP contribution in [0.4, 0.5) is 11.6 Å². The second-order valence-electron chi connectivity index (χ2n) is 5.57. The van der Waals surface area contributed by atoms with E-state index in [1.807, 2.05) is 14.0 Å². The molecule has 2 N–H and O–H groups in total. The maximum atomic E-state index is 11.2. The third-order valence-corrected chi connectivity index (χ3v) is 3.77. The molecule has 116 valence electrons. The van der Waals surface area contributed by atoms with E-state index in [-0.39, 0.29) is 11.9 Å². The lowest BCUT2D eigenvalue weighted by atomic mass is 10.2. The van der Waals surface area contributed by atoms with Crippen LogP contribution in [-0.4, -0.2) is 42.1 Å². The Hall–Kier alpha value is -1.85. The predicted octanol–water partition coefficient (Wildman–Crippen LogP) is 1.49. The Balaban J connectivity index is 2.22. The molecule has 0 spiro atoms. The number of rotatable bonds is 5. The van der Waals surface area contributed by atoms with E-state index in [1.165, 1.54) is 0 Å². The fourth-order valence-electron chi connectivity index (χ4n) is 2.79. The van der Waals surface area contributed by atoms with E-state index < -0.39 is 0 Å². The van der Waals surface area contributed by atoms with Crippen molar-refractivity contribution in [3.05, 3.63) is 11.4 Å². The number of nitrogens with one attached hydrogen (secondary N) is 2. The minimum Gasteiger partial charge on any atom is -0.373 e. The summed E-state index contributed by atoms with van der Waals surface area (Å²) in [4.78, 5) is 22.7. The van der Waals surface area contributed by atoms with Crippen LogP contribution >= 0.6 is 0 Å². The third kappa shape index (κ3) is 3.62. The first-order valence-corrected chi connectivity index (χ1v) is 7.62. The lowest BCUT2D eigenvalue weighted by molar-refractivity contribution is -0.119. The molecule has 1 amide bonds. The quantitative estimate of drug-likeness (QED) is 0.860. The van der Waals surface area contributed by atoms with Crippen LogP contribution in [0.3, 0.4) is 0 Å². The van der Waals surface area contributed by atoms with Crippen LogP contribution in [0.2, 0.25) is 0 Å². The molecule has 1 saturated heterocycles. The molecule has 0 aliphatic carbocycles. The summed E-state index contributed by atoms with van der Waals surface area (Å²) in [6, 6.07) is 0.213. The van der Waals surface area contributed by atoms with Crippen molar-refractivity contribution in [1.82, 2.24) is 15.3 Å². The van der Waals surface area contributed by atoms with Crippen LogP contribution in [0.25, 0.3) is 0 Å². The Morgan fingerprint density at radius 3 is 2.81 bits per heavy atom. The molecule has 1 fully saturated rings. The average molecular weight is 291 g/mol. The number of carbonyl (C=O) groups is 1. The predicted molar refractivity (Wildman–Crippen MR) is 84.7 cm³/mol. The minimum absolute atomic E-state index is 0.0313. The highest BCUT2D eigenvalue weighted by Crippen LogP contribution is 2.26. The molecule has 1 unspecified atom stereocenters. The van der Waals surface area contributed by atoms with E-state index in [9.17, 15) is 4.79 Å². The lowest BCUT2D eigenvalue weighted by Gasteiger charge is -2.22. The molecule has 1 aliphatic heterocycles. The van der Waals surface area contributed by atoms with Gasteiger partial charge in [0.05, 0.1) is 0 Å². The van der Waals surface area contributed by atoms with Gasteiger partial charge in [0.25, 0.3) is 0 Å². The highest BCUT2D eigenvalue weighted by atomic mass is 16.1. The van der Waals surface area contributed by atoms with Crippen LogP contribution < -0.4 is 15.5 Å². The van der Waals surface area contributed by atoms with Crippen molar-refractivity contribution in [2.45, 2.75) is 46.1 Å². The van der Waals surface area contributed by atoms with Gasteiger partial charge in [-0.3, -0.25) is 4.79 Å². The molecule has 1 atom stereocenters. The number of anilines is 2. The van der Waals surface area contributed by atoms with E-state index in [0.29, 0.717) is 0 Å². The Labute approximate surface area is 126 Å². The molecule has 0 bridgehead atoms. The standard InChI is InChI=1S/C15H25N5O/c1-5-6-13-18-14(16-4)10(2)15(19-13)20-8-7-12(9-20)17-11(3)21/h12H,5-9H2,1-4H3,(H,17,21)(H,16,18,19). The summed E-state index contributed by atoms with van der Waals surface area (Å²) >= 11 is 0. The number of aryl methyl sites for hydroxylation is 1. The minimum atomic E-state index is 0.0313. The molecule has 1 aliphatic rings. The van der Waals surface area contributed by atoms with Gasteiger partial charge in [-0.2, -0.15) is 0 Å². The van der Waals surface area contributed by atoms with Crippen molar-refractivity contribution in [1.29, 1.82) is 0 Å². The van der Waals surface area contributed by atoms with Crippen LogP contribution in [-0.2, 0) is 11.2 Å². The number of amides is 1. The maximum absolute atomic E-state index is 11.2. The van der Waals surface area contributed by atoms with Crippen molar-refractivity contribution in [2.75, 3.05) is 30.4 Å². The van der Waals surface area contributed by atoms with Gasteiger partial charge in [-0.15, -0.1) is 0 Å². The van der Waals surface area contributed by atoms with Gasteiger partial charge in [0.15, 0.2) is 0 Å². The van der Waals surface area contributed by atoms with Gasteiger partial charge in [0.1, 0.15) is 17.5 Å². The molecule has 0 saturated carbocycles. The first kappa shape index (κ1) is 15.5. The summed E-state index contributed by atoms with van der Waals surface area (Å²) in [5.41, 5.74) is 1.07. The summed E-state index contributed by atoms with van der Waals surface area (Å²) in [5.74, 6) is 2.80. The molecule has 0 radical (unpaired) electrons. The zero-order valence-corrected chi connectivity index (χ0v) is 13.4. The fourth-order valence-corrected chi connectivity index (χ4v) is 2.79. The molecule has 2 heterocycles. The van der Waals surface area contributed by atoms with Gasteiger partial charge < -0.3 is 15.5 Å². The molecule has 6 nitrogen and oxygen atoms in total. The van der Waals surface area contributed by atoms with Crippen molar-refractivity contribution in [3.8, 4) is 0 Å². The normalized spacial score (nSPS) is 17.9. The zero-order valence-electron chi connectivity index (χ0n) is 13.4. The van der Waals surface area contributed by atoms with E-state index in [4.69, 9.17) is 4.98 Å². The van der Waals surface area contributed by atoms with E-state index in [2.05, 4.69) is 27.4 Å². The van der Waals surface area contributed by atoms with E-state index in [1.54, 1.807) is 6.92 Å². The first-order valence-electron chi connectivity index (χ1n) is 7.62. The van der Waals surface area contributed by atoms with Crippen molar-refractivity contribution >= 4 is 17.5 Å². The van der Waals surface area contributed by atoms with Gasteiger partial charge in [0.2, 0.25) is 5.91 Å². The Kier molecular flexibility index (Phi) is 4.98. The summed E-state index contributed by atoms with van der Waals surface area (Å²) in [6.45, 7) is 7.47. The molecule has 1 aromatic rings. The third-order valence-electron chi connectivity index (χ3n) is 3.77. The molecule has 21 heavy (non-hydrogen) atoms. The number of aromatic nitrogens is 2. The zero-order chi connectivity index (χ0) is 15.4. The lowest BCUT2D eigenvalue weighted by Crippen LogP contribution is -2.36. The maximum Gasteiger partial charge on any atom is 0.217 e. The van der Waals surface area contributed by atoms with E-state index in [0.717, 1.165) is 55.4 Å². The van der Waals surface area contributed by atoms with Gasteiger partial charge in [-0.25, -0.2) is 9.97 Å². The van der Waals surface area contributed by atoms with Gasteiger partial charge in [-0.1, -0.05) is 6.92 Å². The monoisotopic (exact) mass is 291 g/mol. The Bertz CT molecular complexity index is 517. The van der Waals surface area contributed by atoms with Crippen LogP contribution in [0.1, 0.15) is 38.1 Å². The van der Waals surface area contributed by atoms with Crippen molar-refractivity contribution < 1.29 is 4.79 Å². The summed E-state index contributed by atoms with van der Waals surface area (Å²) < 4.78 is 0. The smallest absolute Gasteiger partial charge is 0.217 e. The molecule has 1 aromatic heterocycles. The van der Waals surface area contributed by atoms with Crippen LogP contribution in [0.5, 0.6) is 0 Å². The highest BCUT2D eigenvalue weighted by molar-refractivity contribution is 5.73. The molecular formula is C15H25N5O. The van der Waals surface area contributed by atoms with Gasteiger partial charge in [0, 0.05) is 45.1 Å². The fraction of sp³-hybridized carbons (Fsp3) is 0.667. The topological polar surface area (TPSA) is 70.2 Å². The summed E-state index contributed by atoms with van der Waals surface area (Å²) in [6.07, 6.45) is 2.87. The molecule has 0 aromatic carbocycles. The molecule has 6 heteroatoms. The van der Waals surface area contributed by atoms with Gasteiger partial charge >= 0.3 is 0 Å². The number of carbonyl (C=O) groups excluding carboxylic acids is 1. The number of nitrogens with zero attached hydrogens (tertiary/aromatic N) is 3. The SMILES string of the molecule is CCCc1nc(NC)c(C)c(N2CCC(NC(C)=O)C2)n1. The average Bonchev–Trinajstić information content (AvgIpc) is 2.88. The van der Waals surface area contributed by atoms with Crippen molar-refractivity contribution in [3.63, 3.8) is 0 Å². The second kappa shape index (κ2) is 6.74. The second-order valence-corrected chi connectivity index (χ2v) is 5.57. The molecule has 2 rings (SSSR count). The molecular weight excluding hydrogens is 266 g/mol. The van der Waals surface area contributed by atoms with Crippen LogP contribution in [0.15, 0.2) is 0 Å². The Morgan fingerprint density at radius 1 is 1.43 bits per heavy atom. The van der Waals surface area contributed by atoms with Gasteiger partial charge in [-0.05, 0) is 19.8 Å². The number of hydrogen-bond donors (Lipinski definition) is 2. The van der Waals surface area contributed by atoms with Crippen LogP contribution in [0, 0.1) is 6.92 Å². The van der Waals surface area contributed by atoms with E-state index >= 15 is 0 Å². The van der Waals surface area contributed by atoms with Crippen molar-refractivity contribution in [2.24, 2.45) is 0 Å².